The number of carbonyl (C=O) groups excluding carboxylic acids is 2. The van der Waals surface area contributed by atoms with Crippen molar-refractivity contribution in [3.8, 4) is 0 Å². The second-order valence-corrected chi connectivity index (χ2v) is 7.90. The van der Waals surface area contributed by atoms with E-state index in [1.807, 2.05) is 62.4 Å². The van der Waals surface area contributed by atoms with Crippen LogP contribution in [-0.2, 0) is 11.2 Å². The van der Waals surface area contributed by atoms with Crippen LogP contribution in [0.5, 0.6) is 0 Å². The van der Waals surface area contributed by atoms with E-state index in [9.17, 15) is 9.59 Å². The largest absolute Gasteiger partial charge is 0.324 e. The molecular weight excluding hydrogens is 404 g/mol. The maximum Gasteiger partial charge on any atom is 0.298 e. The van der Waals surface area contributed by atoms with Gasteiger partial charge in [-0.3, -0.25) is 14.5 Å². The number of aromatic nitrogens is 4. The van der Waals surface area contributed by atoms with Gasteiger partial charge in [0.05, 0.1) is 0 Å². The number of benzene rings is 2. The number of hydrogen-bond donors (Lipinski definition) is 1. The summed E-state index contributed by atoms with van der Waals surface area (Å²) in [7, 11) is 0. The Labute approximate surface area is 184 Å². The van der Waals surface area contributed by atoms with Crippen molar-refractivity contribution in [2.75, 3.05) is 10.2 Å². The van der Waals surface area contributed by atoms with Crippen molar-refractivity contribution in [3.63, 3.8) is 0 Å². The van der Waals surface area contributed by atoms with Crippen LogP contribution in [0.3, 0.4) is 0 Å². The number of carbonyl (C=O) groups is 2. The zero-order valence-corrected chi connectivity index (χ0v) is 17.8. The Kier molecular flexibility index (Phi) is 4.89. The first-order chi connectivity index (χ1) is 15.5. The van der Waals surface area contributed by atoms with Crippen molar-refractivity contribution < 1.29 is 9.59 Å². The standard InChI is InChI=1S/C24H22N6O2/c1-15-7-3-5-9-18(15)26-22(31)20-12-11-17-8-4-6-10-19(17)29(20)23(32)21-27-24-25-14-13-16(2)30(24)28-21/h3-10,13-14,20H,11-12H2,1-2H3,(H,26,31). The lowest BCUT2D eigenvalue weighted by atomic mass is 9.94. The van der Waals surface area contributed by atoms with Crippen LogP contribution in [0.4, 0.5) is 11.4 Å². The zero-order chi connectivity index (χ0) is 22.2. The third-order valence-electron chi connectivity index (χ3n) is 5.80. The number of nitrogens with one attached hydrogen (secondary N) is 1. The fraction of sp³-hybridized carbons (Fsp3) is 0.208. The van der Waals surface area contributed by atoms with Gasteiger partial charge in [0.15, 0.2) is 0 Å². The molecule has 1 aliphatic heterocycles. The third kappa shape index (κ3) is 3.39. The van der Waals surface area contributed by atoms with Crippen LogP contribution in [-0.4, -0.2) is 37.4 Å². The van der Waals surface area contributed by atoms with Crippen molar-refractivity contribution in [1.82, 2.24) is 19.6 Å². The van der Waals surface area contributed by atoms with E-state index in [0.29, 0.717) is 24.3 Å². The van der Waals surface area contributed by atoms with E-state index >= 15 is 0 Å². The summed E-state index contributed by atoms with van der Waals surface area (Å²) in [6.45, 7) is 3.80. The van der Waals surface area contributed by atoms with Crippen LogP contribution in [0.15, 0.2) is 60.8 Å². The molecule has 4 aromatic rings. The molecule has 2 aromatic carbocycles. The quantitative estimate of drug-likeness (QED) is 0.542. The van der Waals surface area contributed by atoms with E-state index in [1.165, 1.54) is 9.42 Å². The van der Waals surface area contributed by atoms with Crippen LogP contribution >= 0.6 is 0 Å². The van der Waals surface area contributed by atoms with Gasteiger partial charge in [-0.05, 0) is 56.0 Å². The molecule has 2 aromatic heterocycles. The Morgan fingerprint density at radius 2 is 1.81 bits per heavy atom. The van der Waals surface area contributed by atoms with Crippen molar-refractivity contribution in [3.05, 3.63) is 83.4 Å². The molecule has 0 bridgehead atoms. The van der Waals surface area contributed by atoms with Gasteiger partial charge in [-0.1, -0.05) is 36.4 Å². The van der Waals surface area contributed by atoms with Gasteiger partial charge >= 0.3 is 0 Å². The second-order valence-electron chi connectivity index (χ2n) is 7.90. The van der Waals surface area contributed by atoms with Gasteiger partial charge in [0.1, 0.15) is 6.04 Å². The second kappa shape index (κ2) is 7.88. The van der Waals surface area contributed by atoms with Gasteiger partial charge in [-0.15, -0.1) is 5.10 Å². The summed E-state index contributed by atoms with van der Waals surface area (Å²) < 4.78 is 1.53. The third-order valence-corrected chi connectivity index (χ3v) is 5.80. The number of rotatable bonds is 3. The van der Waals surface area contributed by atoms with Gasteiger partial charge in [-0.25, -0.2) is 9.50 Å². The summed E-state index contributed by atoms with van der Waals surface area (Å²) in [4.78, 5) is 37.0. The molecule has 32 heavy (non-hydrogen) atoms. The number of fused-ring (bicyclic) bond motifs is 2. The fourth-order valence-corrected chi connectivity index (χ4v) is 4.08. The number of aryl methyl sites for hydroxylation is 3. The first-order valence-corrected chi connectivity index (χ1v) is 10.5. The lowest BCUT2D eigenvalue weighted by Gasteiger charge is -2.35. The molecule has 1 atom stereocenters. The molecule has 0 aliphatic carbocycles. The molecule has 5 rings (SSSR count). The summed E-state index contributed by atoms with van der Waals surface area (Å²) in [6, 6.07) is 16.3. The highest BCUT2D eigenvalue weighted by atomic mass is 16.2. The van der Waals surface area contributed by atoms with E-state index in [0.717, 1.165) is 22.5 Å². The molecule has 8 heteroatoms. The minimum Gasteiger partial charge on any atom is -0.324 e. The van der Waals surface area contributed by atoms with Gasteiger partial charge in [0.25, 0.3) is 11.7 Å². The minimum atomic E-state index is -0.683. The fourth-order valence-electron chi connectivity index (χ4n) is 4.08. The average molecular weight is 426 g/mol. The van der Waals surface area contributed by atoms with Gasteiger partial charge in [0, 0.05) is 23.3 Å². The Bertz CT molecular complexity index is 1350. The summed E-state index contributed by atoms with van der Waals surface area (Å²) in [5, 5.41) is 7.36. The van der Waals surface area contributed by atoms with Crippen molar-refractivity contribution in [2.24, 2.45) is 0 Å². The SMILES string of the molecule is Cc1ccccc1NC(=O)C1CCc2ccccc2N1C(=O)c1nc2nccc(C)n2n1. The number of nitrogens with zero attached hydrogens (tertiary/aromatic N) is 5. The van der Waals surface area contributed by atoms with E-state index in [1.54, 1.807) is 12.3 Å². The molecule has 160 valence electrons. The zero-order valence-electron chi connectivity index (χ0n) is 17.8. The molecule has 0 radical (unpaired) electrons. The number of para-hydroxylation sites is 2. The molecule has 1 N–H and O–H groups in total. The monoisotopic (exact) mass is 426 g/mol. The minimum absolute atomic E-state index is 0.0113. The maximum atomic E-state index is 13.7. The lowest BCUT2D eigenvalue weighted by molar-refractivity contribution is -0.117. The molecule has 0 saturated carbocycles. The van der Waals surface area contributed by atoms with Crippen LogP contribution < -0.4 is 10.2 Å². The van der Waals surface area contributed by atoms with Crippen LogP contribution in [0.25, 0.3) is 5.78 Å². The maximum absolute atomic E-state index is 13.7. The Hall–Kier alpha value is -4.07. The van der Waals surface area contributed by atoms with Gasteiger partial charge in [-0.2, -0.15) is 4.98 Å². The predicted molar refractivity (Wildman–Crippen MR) is 121 cm³/mol. The van der Waals surface area contributed by atoms with Crippen molar-refractivity contribution >= 4 is 29.0 Å². The van der Waals surface area contributed by atoms with Crippen molar-refractivity contribution in [1.29, 1.82) is 0 Å². The predicted octanol–water partition coefficient (Wildman–Crippen LogP) is 3.34. The topological polar surface area (TPSA) is 92.5 Å². The molecule has 0 fully saturated rings. The Morgan fingerprint density at radius 3 is 2.62 bits per heavy atom. The van der Waals surface area contributed by atoms with Gasteiger partial charge < -0.3 is 5.32 Å². The average Bonchev–Trinajstić information content (AvgIpc) is 3.25. The highest BCUT2D eigenvalue weighted by Gasteiger charge is 2.37. The Balaban J connectivity index is 1.54. The first-order valence-electron chi connectivity index (χ1n) is 10.5. The summed E-state index contributed by atoms with van der Waals surface area (Å²) in [6.07, 6.45) is 2.83. The highest BCUT2D eigenvalue weighted by Crippen LogP contribution is 2.32. The molecule has 0 saturated heterocycles. The highest BCUT2D eigenvalue weighted by molar-refractivity contribution is 6.11. The van der Waals surface area contributed by atoms with Crippen LogP contribution in [0.1, 0.15) is 33.9 Å². The molecule has 8 nitrogen and oxygen atoms in total. The van der Waals surface area contributed by atoms with E-state index < -0.39 is 11.9 Å². The lowest BCUT2D eigenvalue weighted by Crippen LogP contribution is -2.50. The number of amides is 2. The molecule has 1 aliphatic rings. The molecule has 3 heterocycles. The smallest absolute Gasteiger partial charge is 0.298 e. The van der Waals surface area contributed by atoms with Gasteiger partial charge in [0.2, 0.25) is 11.7 Å². The van der Waals surface area contributed by atoms with Crippen LogP contribution in [0.2, 0.25) is 0 Å². The van der Waals surface area contributed by atoms with Crippen molar-refractivity contribution in [2.45, 2.75) is 32.7 Å². The first kappa shape index (κ1) is 19.9. The van der Waals surface area contributed by atoms with E-state index in [-0.39, 0.29) is 11.7 Å². The van der Waals surface area contributed by atoms with E-state index in [4.69, 9.17) is 0 Å². The summed E-state index contributed by atoms with van der Waals surface area (Å²) in [5.41, 5.74) is 4.22. The molecule has 1 unspecified atom stereocenters. The Morgan fingerprint density at radius 1 is 1.03 bits per heavy atom. The number of anilines is 2. The number of hydrogen-bond acceptors (Lipinski definition) is 5. The normalized spacial score (nSPS) is 15.4. The summed E-state index contributed by atoms with van der Waals surface area (Å²) in [5.74, 6) is -0.302. The van der Waals surface area contributed by atoms with E-state index in [2.05, 4.69) is 20.4 Å². The molecule has 0 spiro atoms. The molecule has 2 amide bonds. The van der Waals surface area contributed by atoms with Crippen LogP contribution in [0, 0.1) is 13.8 Å². The summed E-state index contributed by atoms with van der Waals surface area (Å²) >= 11 is 0. The molecular formula is C24H22N6O2.